The molecule has 0 aromatic heterocycles. The maximum Gasteiger partial charge on any atom is 0.487 e. The van der Waals surface area contributed by atoms with Gasteiger partial charge in [0.2, 0.25) is 5.91 Å². The molecule has 2 amide bonds. The molecule has 3 rings (SSSR count). The van der Waals surface area contributed by atoms with Crippen LogP contribution in [-0.2, 0) is 4.79 Å². The molecular formula is C18H15ClF2N4O5. The van der Waals surface area contributed by atoms with Crippen molar-refractivity contribution in [1.29, 1.82) is 0 Å². The maximum absolute atomic E-state index is 12.6. The number of ether oxygens (including phenoxy) is 1. The number of amides is 2. The largest absolute Gasteiger partial charge is 0.487 e. The third kappa shape index (κ3) is 5.54. The fourth-order valence-corrected chi connectivity index (χ4v) is 2.91. The summed E-state index contributed by atoms with van der Waals surface area (Å²) < 4.78 is 29.4. The fraction of sp³-hybridized carbons (Fsp3) is 0.222. The second-order valence-electron chi connectivity index (χ2n) is 6.36. The summed E-state index contributed by atoms with van der Waals surface area (Å²) in [6.07, 6.45) is 0.189. The highest BCUT2D eigenvalue weighted by Gasteiger charge is 2.27. The zero-order chi connectivity index (χ0) is 21.9. The number of alkyl halides is 3. The molecule has 3 N–H and O–H groups in total. The van der Waals surface area contributed by atoms with Gasteiger partial charge in [-0.15, -0.1) is 8.78 Å². The highest BCUT2D eigenvalue weighted by Crippen LogP contribution is 2.28. The molecular weight excluding hydrogens is 426 g/mol. The molecule has 2 aromatic carbocycles. The Balaban J connectivity index is 1.71. The summed E-state index contributed by atoms with van der Waals surface area (Å²) in [5.74, 6) is -1.00. The monoisotopic (exact) mass is 440 g/mol. The zero-order valence-corrected chi connectivity index (χ0v) is 15.9. The molecule has 0 radical (unpaired) electrons. The molecule has 1 atom stereocenters. The molecule has 0 aliphatic carbocycles. The number of nitrogens with zero attached hydrogens (tertiary/aromatic N) is 1. The van der Waals surface area contributed by atoms with Gasteiger partial charge >= 0.3 is 5.57 Å². The number of nitrogens with one attached hydrogen (secondary N) is 3. The average Bonchev–Trinajstić information content (AvgIpc) is 3.07. The Kier molecular flexibility index (Phi) is 6.01. The van der Waals surface area contributed by atoms with Gasteiger partial charge in [-0.1, -0.05) is 0 Å². The minimum absolute atomic E-state index is 0.0143. The van der Waals surface area contributed by atoms with Crippen molar-refractivity contribution in [2.45, 2.75) is 18.0 Å². The molecule has 0 saturated carbocycles. The summed E-state index contributed by atoms with van der Waals surface area (Å²) >= 11 is 4.68. The van der Waals surface area contributed by atoms with Crippen LogP contribution in [0.4, 0.5) is 25.8 Å². The van der Waals surface area contributed by atoms with Crippen molar-refractivity contribution in [2.24, 2.45) is 0 Å². The van der Waals surface area contributed by atoms with Gasteiger partial charge in [-0.25, -0.2) is 0 Å². The zero-order valence-electron chi connectivity index (χ0n) is 15.2. The van der Waals surface area contributed by atoms with Crippen molar-refractivity contribution in [3.8, 4) is 5.75 Å². The first-order valence-corrected chi connectivity index (χ1v) is 8.97. The highest BCUT2D eigenvalue weighted by molar-refractivity contribution is 6.20. The Bertz CT molecular complexity index is 982. The summed E-state index contributed by atoms with van der Waals surface area (Å²) in [6, 6.07) is 8.56. The van der Waals surface area contributed by atoms with Crippen molar-refractivity contribution in [1.82, 2.24) is 5.32 Å². The number of hydrogen-bond donors (Lipinski definition) is 3. The number of anilines is 2. The molecule has 158 valence electrons. The number of nitro groups is 1. The molecule has 1 aliphatic heterocycles. The van der Waals surface area contributed by atoms with E-state index in [2.05, 4.69) is 32.3 Å². The van der Waals surface area contributed by atoms with Gasteiger partial charge < -0.3 is 20.7 Å². The Hall–Kier alpha value is -3.47. The lowest BCUT2D eigenvalue weighted by Gasteiger charge is -2.13. The van der Waals surface area contributed by atoms with Crippen molar-refractivity contribution in [3.63, 3.8) is 0 Å². The molecule has 1 heterocycles. The van der Waals surface area contributed by atoms with Crippen molar-refractivity contribution in [2.75, 3.05) is 17.2 Å². The van der Waals surface area contributed by atoms with Gasteiger partial charge in [0, 0.05) is 41.9 Å². The van der Waals surface area contributed by atoms with Gasteiger partial charge in [-0.2, -0.15) is 0 Å². The molecule has 0 spiro atoms. The summed E-state index contributed by atoms with van der Waals surface area (Å²) in [4.78, 5) is 34.5. The molecule has 2 aromatic rings. The third-order valence-corrected chi connectivity index (χ3v) is 4.22. The molecule has 1 saturated heterocycles. The van der Waals surface area contributed by atoms with Gasteiger partial charge in [0.1, 0.15) is 11.4 Å². The number of hydrogen-bond acceptors (Lipinski definition) is 6. The van der Waals surface area contributed by atoms with E-state index in [1.165, 1.54) is 36.4 Å². The first-order chi connectivity index (χ1) is 14.1. The first kappa shape index (κ1) is 21.2. The van der Waals surface area contributed by atoms with E-state index < -0.39 is 16.4 Å². The Morgan fingerprint density at radius 3 is 2.53 bits per heavy atom. The summed E-state index contributed by atoms with van der Waals surface area (Å²) in [5, 5.41) is 19.4. The smallest absolute Gasteiger partial charge is 0.420 e. The van der Waals surface area contributed by atoms with Crippen molar-refractivity contribution < 1.29 is 28.0 Å². The lowest BCUT2D eigenvalue weighted by Crippen LogP contribution is -2.23. The number of carbonyl (C=O) groups excluding carboxylic acids is 2. The van der Waals surface area contributed by atoms with Crippen LogP contribution in [0.3, 0.4) is 0 Å². The van der Waals surface area contributed by atoms with Gasteiger partial charge in [-0.3, -0.25) is 19.7 Å². The summed E-state index contributed by atoms with van der Waals surface area (Å²) in [7, 11) is 0. The van der Waals surface area contributed by atoms with Crippen LogP contribution in [0.15, 0.2) is 42.5 Å². The molecule has 9 nitrogen and oxygen atoms in total. The third-order valence-electron chi connectivity index (χ3n) is 4.14. The number of rotatable bonds is 7. The Labute approximate surface area is 173 Å². The van der Waals surface area contributed by atoms with Crippen LogP contribution in [0, 0.1) is 10.1 Å². The van der Waals surface area contributed by atoms with Crippen LogP contribution in [-0.4, -0.2) is 34.9 Å². The van der Waals surface area contributed by atoms with E-state index in [-0.39, 0.29) is 46.7 Å². The lowest BCUT2D eigenvalue weighted by molar-refractivity contribution is -0.384. The van der Waals surface area contributed by atoms with Crippen LogP contribution >= 0.6 is 11.6 Å². The minimum Gasteiger partial charge on any atom is -0.420 e. The van der Waals surface area contributed by atoms with Gasteiger partial charge in [0.05, 0.1) is 11.0 Å². The van der Waals surface area contributed by atoms with E-state index in [0.717, 1.165) is 6.07 Å². The SMILES string of the molecule is O=C1CC(Nc2ccc(C(=O)Nc3ccc(OC(F)(F)Cl)cc3)cc2[N+](=O)[O-])CN1. The van der Waals surface area contributed by atoms with Crippen molar-refractivity contribution in [3.05, 3.63) is 58.1 Å². The lowest BCUT2D eigenvalue weighted by atomic mass is 10.1. The first-order valence-electron chi connectivity index (χ1n) is 8.59. The van der Waals surface area contributed by atoms with Crippen LogP contribution in [0.2, 0.25) is 0 Å². The van der Waals surface area contributed by atoms with E-state index in [9.17, 15) is 28.5 Å². The Morgan fingerprint density at radius 1 is 1.27 bits per heavy atom. The van der Waals surface area contributed by atoms with Gasteiger partial charge in [0.15, 0.2) is 0 Å². The standard InChI is InChI=1S/C18H15ClF2N4O5/c19-18(20,21)30-13-4-2-11(3-5-13)24-17(27)10-1-6-14(15(7-10)25(28)29)23-12-8-16(26)22-9-12/h1-7,12,23H,8-9H2,(H,22,26)(H,24,27). The molecule has 1 unspecified atom stereocenters. The van der Waals surface area contributed by atoms with Crippen LogP contribution in [0.25, 0.3) is 0 Å². The fourth-order valence-electron chi connectivity index (χ4n) is 2.82. The summed E-state index contributed by atoms with van der Waals surface area (Å²) in [5.41, 5.74) is -3.73. The van der Waals surface area contributed by atoms with Crippen LogP contribution in [0.1, 0.15) is 16.8 Å². The number of halogens is 3. The van der Waals surface area contributed by atoms with Gasteiger partial charge in [-0.05, 0) is 36.4 Å². The second-order valence-corrected chi connectivity index (χ2v) is 6.80. The Morgan fingerprint density at radius 2 is 1.97 bits per heavy atom. The predicted molar refractivity (Wildman–Crippen MR) is 104 cm³/mol. The van der Waals surface area contributed by atoms with Crippen LogP contribution in [0.5, 0.6) is 5.75 Å². The molecule has 1 fully saturated rings. The minimum atomic E-state index is -3.86. The van der Waals surface area contributed by atoms with Crippen molar-refractivity contribution >= 4 is 40.5 Å². The van der Waals surface area contributed by atoms with E-state index in [4.69, 9.17) is 0 Å². The molecule has 1 aliphatic rings. The number of benzene rings is 2. The van der Waals surface area contributed by atoms with E-state index in [0.29, 0.717) is 6.54 Å². The van der Waals surface area contributed by atoms with Gasteiger partial charge in [0.25, 0.3) is 11.6 Å². The number of carbonyl (C=O) groups is 2. The highest BCUT2D eigenvalue weighted by atomic mass is 35.5. The molecule has 30 heavy (non-hydrogen) atoms. The maximum atomic E-state index is 12.6. The summed E-state index contributed by atoms with van der Waals surface area (Å²) in [6.45, 7) is 0.341. The quantitative estimate of drug-likeness (QED) is 0.345. The normalized spacial score (nSPS) is 16.0. The predicted octanol–water partition coefficient (Wildman–Crippen LogP) is 3.32. The van der Waals surface area contributed by atoms with Crippen LogP contribution < -0.4 is 20.7 Å². The molecule has 12 heteroatoms. The average molecular weight is 441 g/mol. The second kappa shape index (κ2) is 8.49. The topological polar surface area (TPSA) is 123 Å². The van der Waals surface area contributed by atoms with E-state index >= 15 is 0 Å². The number of nitro benzene ring substituents is 1. The van der Waals surface area contributed by atoms with E-state index in [1.807, 2.05) is 0 Å². The molecule has 0 bridgehead atoms. The van der Waals surface area contributed by atoms with E-state index in [1.54, 1.807) is 0 Å².